The Bertz CT molecular complexity index is 429. The van der Waals surface area contributed by atoms with Crippen molar-refractivity contribution in [3.8, 4) is 0 Å². The Kier molecular flexibility index (Phi) is 3.25. The molecule has 0 fully saturated rings. The molecule has 2 aromatic carbocycles. The van der Waals surface area contributed by atoms with Crippen molar-refractivity contribution in [3.05, 3.63) is 60.2 Å². The molecule has 2 rings (SSSR count). The van der Waals surface area contributed by atoms with Gasteiger partial charge in [-0.25, -0.2) is 0 Å². The molecule has 2 aromatic rings. The van der Waals surface area contributed by atoms with Gasteiger partial charge in [0.15, 0.2) is 0 Å². The predicted octanol–water partition coefficient (Wildman–Crippen LogP) is 4.35. The maximum Gasteiger partial charge on any atom is 0.0464 e. The predicted molar refractivity (Wildman–Crippen MR) is 69.1 cm³/mol. The van der Waals surface area contributed by atoms with Crippen LogP contribution in [0.15, 0.2) is 48.5 Å². The summed E-state index contributed by atoms with van der Waals surface area (Å²) in [6, 6.07) is 19.6. The average molecular weight is 210 g/mol. The molecule has 1 nitrogen and oxygen atoms in total. The number of para-hydroxylation sites is 1. The van der Waals surface area contributed by atoms with Gasteiger partial charge in [-0.3, -0.25) is 0 Å². The third-order valence-corrected chi connectivity index (χ3v) is 2.57. The van der Waals surface area contributed by atoms with E-state index >= 15 is 0 Å². The molecule has 81 valence electrons. The Labute approximate surface area is 97.1 Å². The maximum absolute atomic E-state index is 3.31. The fourth-order valence-electron chi connectivity index (χ4n) is 1.58. The van der Waals surface area contributed by atoms with Crippen molar-refractivity contribution in [2.24, 2.45) is 0 Å². The SMILES string of the molecule is CC(C)c1ccc(Nc2[c]cccc2)cc1. The minimum atomic E-state index is 0.581. The van der Waals surface area contributed by atoms with E-state index < -0.39 is 0 Å². The summed E-state index contributed by atoms with van der Waals surface area (Å²) in [6.07, 6.45) is 0. The van der Waals surface area contributed by atoms with Crippen molar-refractivity contribution in [1.82, 2.24) is 0 Å². The second-order valence-corrected chi connectivity index (χ2v) is 4.18. The molecule has 0 atom stereocenters. The van der Waals surface area contributed by atoms with Crippen molar-refractivity contribution in [2.45, 2.75) is 19.8 Å². The molecule has 0 amide bonds. The summed E-state index contributed by atoms with van der Waals surface area (Å²) in [5.74, 6) is 0.581. The second-order valence-electron chi connectivity index (χ2n) is 4.18. The summed E-state index contributed by atoms with van der Waals surface area (Å²) in [4.78, 5) is 0. The molecule has 16 heavy (non-hydrogen) atoms. The van der Waals surface area contributed by atoms with Crippen LogP contribution < -0.4 is 5.32 Å². The van der Waals surface area contributed by atoms with E-state index in [2.05, 4.69) is 49.5 Å². The standard InChI is InChI=1S/C15H16N/c1-12(2)13-8-10-15(11-9-13)16-14-6-4-3-5-7-14/h3-6,8-12,16H,1-2H3. The van der Waals surface area contributed by atoms with Gasteiger partial charge in [-0.1, -0.05) is 44.2 Å². The Morgan fingerprint density at radius 1 is 1.00 bits per heavy atom. The van der Waals surface area contributed by atoms with Crippen LogP contribution in [0.25, 0.3) is 0 Å². The van der Waals surface area contributed by atoms with E-state index in [1.807, 2.05) is 24.3 Å². The molecule has 1 N–H and O–H groups in total. The van der Waals surface area contributed by atoms with Crippen LogP contribution in [0.3, 0.4) is 0 Å². The van der Waals surface area contributed by atoms with Gasteiger partial charge in [0.1, 0.15) is 0 Å². The van der Waals surface area contributed by atoms with Crippen LogP contribution in [0, 0.1) is 6.07 Å². The van der Waals surface area contributed by atoms with Gasteiger partial charge in [0.05, 0.1) is 0 Å². The zero-order chi connectivity index (χ0) is 11.4. The molecule has 0 aliphatic rings. The Morgan fingerprint density at radius 2 is 1.75 bits per heavy atom. The van der Waals surface area contributed by atoms with Crippen molar-refractivity contribution >= 4 is 11.4 Å². The summed E-state index contributed by atoms with van der Waals surface area (Å²) in [5, 5.41) is 3.31. The molecule has 0 heterocycles. The van der Waals surface area contributed by atoms with Crippen molar-refractivity contribution < 1.29 is 0 Å². The lowest BCUT2D eigenvalue weighted by Crippen LogP contribution is -1.91. The van der Waals surface area contributed by atoms with Gasteiger partial charge in [0.25, 0.3) is 0 Å². The third-order valence-electron chi connectivity index (χ3n) is 2.57. The van der Waals surface area contributed by atoms with Gasteiger partial charge in [0, 0.05) is 17.4 Å². The highest BCUT2D eigenvalue weighted by molar-refractivity contribution is 5.59. The van der Waals surface area contributed by atoms with Crippen LogP contribution in [-0.4, -0.2) is 0 Å². The van der Waals surface area contributed by atoms with E-state index in [0.29, 0.717) is 5.92 Å². The van der Waals surface area contributed by atoms with Gasteiger partial charge in [0.2, 0.25) is 0 Å². The highest BCUT2D eigenvalue weighted by Gasteiger charge is 1.98. The lowest BCUT2D eigenvalue weighted by molar-refractivity contribution is 0.867. The first-order valence-corrected chi connectivity index (χ1v) is 5.59. The molecule has 0 unspecified atom stereocenters. The van der Waals surface area contributed by atoms with E-state index in [1.165, 1.54) is 5.56 Å². The lowest BCUT2D eigenvalue weighted by Gasteiger charge is -2.08. The number of hydrogen-bond donors (Lipinski definition) is 1. The molecular weight excluding hydrogens is 194 g/mol. The van der Waals surface area contributed by atoms with Crippen LogP contribution in [0.5, 0.6) is 0 Å². The van der Waals surface area contributed by atoms with Crippen LogP contribution in [0.4, 0.5) is 11.4 Å². The second kappa shape index (κ2) is 4.84. The molecule has 0 saturated heterocycles. The van der Waals surface area contributed by atoms with E-state index in [9.17, 15) is 0 Å². The molecule has 1 heteroatoms. The van der Waals surface area contributed by atoms with E-state index in [0.717, 1.165) is 11.4 Å². The summed E-state index contributed by atoms with van der Waals surface area (Å²) >= 11 is 0. The van der Waals surface area contributed by atoms with E-state index in [4.69, 9.17) is 0 Å². The lowest BCUT2D eigenvalue weighted by atomic mass is 10.0. The minimum absolute atomic E-state index is 0.581. The van der Waals surface area contributed by atoms with Crippen molar-refractivity contribution in [2.75, 3.05) is 5.32 Å². The molecule has 0 bridgehead atoms. The summed E-state index contributed by atoms with van der Waals surface area (Å²) in [5.41, 5.74) is 3.47. The first-order chi connectivity index (χ1) is 7.75. The van der Waals surface area contributed by atoms with Gasteiger partial charge in [-0.15, -0.1) is 0 Å². The number of rotatable bonds is 3. The third kappa shape index (κ3) is 2.63. The fraction of sp³-hybridized carbons (Fsp3) is 0.200. The zero-order valence-electron chi connectivity index (χ0n) is 9.70. The largest absolute Gasteiger partial charge is 0.355 e. The molecular formula is C15H16N. The average Bonchev–Trinajstić information content (AvgIpc) is 2.31. The van der Waals surface area contributed by atoms with E-state index in [-0.39, 0.29) is 0 Å². The van der Waals surface area contributed by atoms with Crippen molar-refractivity contribution in [3.63, 3.8) is 0 Å². The van der Waals surface area contributed by atoms with Crippen LogP contribution in [-0.2, 0) is 0 Å². The number of benzene rings is 2. The summed E-state index contributed by atoms with van der Waals surface area (Å²) < 4.78 is 0. The quantitative estimate of drug-likeness (QED) is 0.794. The number of hydrogen-bond acceptors (Lipinski definition) is 1. The molecule has 0 aliphatic carbocycles. The maximum atomic E-state index is 3.31. The highest BCUT2D eigenvalue weighted by Crippen LogP contribution is 2.19. The van der Waals surface area contributed by atoms with Gasteiger partial charge >= 0.3 is 0 Å². The molecule has 0 aromatic heterocycles. The van der Waals surface area contributed by atoms with E-state index in [1.54, 1.807) is 0 Å². The van der Waals surface area contributed by atoms with Crippen LogP contribution in [0.2, 0.25) is 0 Å². The first-order valence-electron chi connectivity index (χ1n) is 5.59. The highest BCUT2D eigenvalue weighted by atomic mass is 14.9. The Hall–Kier alpha value is -1.76. The molecule has 0 aliphatic heterocycles. The molecule has 0 spiro atoms. The van der Waals surface area contributed by atoms with Crippen molar-refractivity contribution in [1.29, 1.82) is 0 Å². The number of anilines is 2. The number of nitrogens with one attached hydrogen (secondary N) is 1. The normalized spacial score (nSPS) is 10.4. The summed E-state index contributed by atoms with van der Waals surface area (Å²) in [7, 11) is 0. The molecule has 0 saturated carbocycles. The smallest absolute Gasteiger partial charge is 0.0464 e. The molecule has 1 radical (unpaired) electrons. The Balaban J connectivity index is 2.11. The zero-order valence-corrected chi connectivity index (χ0v) is 9.70. The van der Waals surface area contributed by atoms with Gasteiger partial charge in [-0.05, 0) is 29.7 Å². The minimum Gasteiger partial charge on any atom is -0.355 e. The van der Waals surface area contributed by atoms with Crippen LogP contribution >= 0.6 is 0 Å². The fourth-order valence-corrected chi connectivity index (χ4v) is 1.58. The van der Waals surface area contributed by atoms with Gasteiger partial charge < -0.3 is 5.32 Å². The monoisotopic (exact) mass is 210 g/mol. The van der Waals surface area contributed by atoms with Crippen LogP contribution in [0.1, 0.15) is 25.3 Å². The Morgan fingerprint density at radius 3 is 2.31 bits per heavy atom. The topological polar surface area (TPSA) is 12.0 Å². The summed E-state index contributed by atoms with van der Waals surface area (Å²) in [6.45, 7) is 4.40. The van der Waals surface area contributed by atoms with Gasteiger partial charge in [-0.2, -0.15) is 0 Å². The first kappa shape index (κ1) is 10.7.